The lowest BCUT2D eigenvalue weighted by Crippen LogP contribution is -2.63. The molecule has 4 heteroatoms. The van der Waals surface area contributed by atoms with Crippen LogP contribution in [0, 0.1) is 11.3 Å². The molecule has 0 spiro atoms. The molecule has 1 saturated heterocycles. The highest BCUT2D eigenvalue weighted by molar-refractivity contribution is 5.00. The van der Waals surface area contributed by atoms with Gasteiger partial charge >= 0.3 is 0 Å². The van der Waals surface area contributed by atoms with Crippen LogP contribution < -0.4 is 0 Å². The molecule has 0 aromatic heterocycles. The number of rotatable bonds is 5. The molecule has 1 aliphatic heterocycles. The molecule has 0 bridgehead atoms. The van der Waals surface area contributed by atoms with Crippen LogP contribution in [0.2, 0.25) is 0 Å². The van der Waals surface area contributed by atoms with E-state index in [1.807, 2.05) is 0 Å². The molecule has 2 N–H and O–H groups in total. The summed E-state index contributed by atoms with van der Waals surface area (Å²) in [5.41, 5.74) is 0.0905. The maximum atomic E-state index is 10.6. The van der Waals surface area contributed by atoms with Gasteiger partial charge in [0.2, 0.25) is 0 Å². The molecule has 0 aromatic carbocycles. The smallest absolute Gasteiger partial charge is 0.0900 e. The van der Waals surface area contributed by atoms with Crippen LogP contribution in [0.4, 0.5) is 0 Å². The highest BCUT2D eigenvalue weighted by atomic mass is 16.5. The van der Waals surface area contributed by atoms with Crippen LogP contribution in [-0.2, 0) is 4.74 Å². The van der Waals surface area contributed by atoms with Gasteiger partial charge in [0.25, 0.3) is 0 Å². The van der Waals surface area contributed by atoms with E-state index in [2.05, 4.69) is 53.4 Å². The first-order valence-corrected chi connectivity index (χ1v) is 10.1. The summed E-state index contributed by atoms with van der Waals surface area (Å²) >= 11 is 0. The summed E-state index contributed by atoms with van der Waals surface area (Å²) < 4.78 is 6.12. The predicted octanol–water partition coefficient (Wildman–Crippen LogP) is 3.59. The lowest BCUT2D eigenvalue weighted by molar-refractivity contribution is -0.114. The zero-order valence-electron chi connectivity index (χ0n) is 17.5. The SMILES string of the molecule is C[C@H]1C[C@H](OC[C@H](O)CN2C(C)(C)CC(O)CC2(C)C)CC(C)(C)C1. The van der Waals surface area contributed by atoms with Crippen molar-refractivity contribution < 1.29 is 14.9 Å². The Morgan fingerprint density at radius 1 is 1.00 bits per heavy atom. The fraction of sp³-hybridized carbons (Fsp3) is 1.00. The normalized spacial score (nSPS) is 34.0. The van der Waals surface area contributed by atoms with E-state index >= 15 is 0 Å². The second kappa shape index (κ2) is 7.46. The van der Waals surface area contributed by atoms with E-state index in [1.54, 1.807) is 0 Å². The fourth-order valence-corrected chi connectivity index (χ4v) is 5.66. The van der Waals surface area contributed by atoms with Crippen molar-refractivity contribution in [3.63, 3.8) is 0 Å². The lowest BCUT2D eigenvalue weighted by Gasteiger charge is -2.55. The van der Waals surface area contributed by atoms with Gasteiger partial charge in [-0.3, -0.25) is 4.90 Å². The third kappa shape index (κ3) is 5.66. The van der Waals surface area contributed by atoms with Crippen LogP contribution in [-0.4, -0.2) is 57.7 Å². The molecule has 4 nitrogen and oxygen atoms in total. The Labute approximate surface area is 154 Å². The van der Waals surface area contributed by atoms with Gasteiger partial charge < -0.3 is 14.9 Å². The molecule has 0 radical (unpaired) electrons. The first-order valence-electron chi connectivity index (χ1n) is 10.1. The Bertz CT molecular complexity index is 428. The number of β-amino-alcohol motifs (C(OH)–C–C–N with tert-alkyl or cyclic N) is 1. The summed E-state index contributed by atoms with van der Waals surface area (Å²) in [5.74, 6) is 0.687. The Kier molecular flexibility index (Phi) is 6.31. The van der Waals surface area contributed by atoms with E-state index in [1.165, 1.54) is 6.42 Å². The second-order valence-corrected chi connectivity index (χ2v) is 10.8. The number of piperidine rings is 1. The summed E-state index contributed by atoms with van der Waals surface area (Å²) in [6, 6.07) is 0. The Morgan fingerprint density at radius 3 is 2.08 bits per heavy atom. The molecule has 1 heterocycles. The van der Waals surface area contributed by atoms with Gasteiger partial charge in [-0.05, 0) is 71.1 Å². The third-order valence-corrected chi connectivity index (χ3v) is 6.20. The highest BCUT2D eigenvalue weighted by Crippen LogP contribution is 2.40. The highest BCUT2D eigenvalue weighted by Gasteiger charge is 2.45. The Balaban J connectivity index is 1.90. The minimum absolute atomic E-state index is 0.122. The predicted molar refractivity (Wildman–Crippen MR) is 103 cm³/mol. The van der Waals surface area contributed by atoms with E-state index in [0.717, 1.165) is 25.7 Å². The maximum absolute atomic E-state index is 10.6. The molecule has 1 aliphatic carbocycles. The van der Waals surface area contributed by atoms with Crippen molar-refractivity contribution in [3.05, 3.63) is 0 Å². The van der Waals surface area contributed by atoms with Gasteiger partial charge in [0.05, 0.1) is 24.9 Å². The molecule has 2 aliphatic rings. The van der Waals surface area contributed by atoms with Gasteiger partial charge in [-0.25, -0.2) is 0 Å². The molecular formula is C21H41NO3. The first kappa shape index (κ1) is 21.1. The maximum Gasteiger partial charge on any atom is 0.0900 e. The van der Waals surface area contributed by atoms with Gasteiger partial charge in [0, 0.05) is 17.6 Å². The van der Waals surface area contributed by atoms with Gasteiger partial charge in [-0.15, -0.1) is 0 Å². The van der Waals surface area contributed by atoms with Gasteiger partial charge in [0.15, 0.2) is 0 Å². The van der Waals surface area contributed by atoms with Gasteiger partial charge in [-0.2, -0.15) is 0 Å². The van der Waals surface area contributed by atoms with Gasteiger partial charge in [-0.1, -0.05) is 20.8 Å². The van der Waals surface area contributed by atoms with E-state index in [4.69, 9.17) is 4.74 Å². The number of aliphatic hydroxyl groups is 2. The molecule has 1 saturated carbocycles. The van der Waals surface area contributed by atoms with E-state index in [-0.39, 0.29) is 23.3 Å². The first-order chi connectivity index (χ1) is 11.3. The molecule has 25 heavy (non-hydrogen) atoms. The molecule has 2 fully saturated rings. The zero-order valence-corrected chi connectivity index (χ0v) is 17.5. The molecule has 2 rings (SSSR count). The van der Waals surface area contributed by atoms with Crippen LogP contribution in [0.3, 0.4) is 0 Å². The summed E-state index contributed by atoms with van der Waals surface area (Å²) in [5, 5.41) is 20.8. The summed E-state index contributed by atoms with van der Waals surface area (Å²) in [6.07, 6.45) is 4.44. The van der Waals surface area contributed by atoms with Crippen LogP contribution >= 0.6 is 0 Å². The van der Waals surface area contributed by atoms with Crippen LogP contribution in [0.25, 0.3) is 0 Å². The fourth-order valence-electron chi connectivity index (χ4n) is 5.66. The number of hydrogen-bond donors (Lipinski definition) is 2. The molecule has 0 aromatic rings. The minimum atomic E-state index is -0.492. The largest absolute Gasteiger partial charge is 0.393 e. The number of ether oxygens (including phenoxy) is 1. The van der Waals surface area contributed by atoms with Gasteiger partial charge in [0.1, 0.15) is 0 Å². The van der Waals surface area contributed by atoms with Crippen molar-refractivity contribution in [2.75, 3.05) is 13.2 Å². The van der Waals surface area contributed by atoms with E-state index < -0.39 is 6.10 Å². The topological polar surface area (TPSA) is 52.9 Å². The van der Waals surface area contributed by atoms with E-state index in [9.17, 15) is 10.2 Å². The zero-order chi connectivity index (χ0) is 19.0. The van der Waals surface area contributed by atoms with Crippen molar-refractivity contribution in [1.29, 1.82) is 0 Å². The Morgan fingerprint density at radius 2 is 1.56 bits per heavy atom. The summed E-state index contributed by atoms with van der Waals surface area (Å²) in [6.45, 7) is 16.6. The van der Waals surface area contributed by atoms with Crippen LogP contribution in [0.1, 0.15) is 80.6 Å². The lowest BCUT2D eigenvalue weighted by atomic mass is 9.71. The Hall–Kier alpha value is -0.160. The van der Waals surface area contributed by atoms with Crippen LogP contribution in [0.5, 0.6) is 0 Å². The van der Waals surface area contributed by atoms with Crippen molar-refractivity contribution in [2.45, 2.75) is 110 Å². The van der Waals surface area contributed by atoms with Crippen LogP contribution in [0.15, 0.2) is 0 Å². The second-order valence-electron chi connectivity index (χ2n) is 10.8. The summed E-state index contributed by atoms with van der Waals surface area (Å²) in [7, 11) is 0. The number of aliphatic hydroxyl groups excluding tert-OH is 2. The third-order valence-electron chi connectivity index (χ3n) is 6.20. The number of nitrogens with zero attached hydrogens (tertiary/aromatic N) is 1. The monoisotopic (exact) mass is 355 g/mol. The van der Waals surface area contributed by atoms with Crippen molar-refractivity contribution in [3.8, 4) is 0 Å². The summed E-state index contributed by atoms with van der Waals surface area (Å²) in [4.78, 5) is 2.36. The quantitative estimate of drug-likeness (QED) is 0.791. The molecular weight excluding hydrogens is 314 g/mol. The molecule has 0 unspecified atom stereocenters. The minimum Gasteiger partial charge on any atom is -0.393 e. The number of hydrogen-bond acceptors (Lipinski definition) is 4. The molecule has 3 atom stereocenters. The number of likely N-dealkylation sites (tertiary alicyclic amines) is 1. The molecule has 148 valence electrons. The molecule has 0 amide bonds. The van der Waals surface area contributed by atoms with Crippen molar-refractivity contribution in [1.82, 2.24) is 4.90 Å². The average Bonchev–Trinajstić information content (AvgIpc) is 2.37. The standard InChI is InChI=1S/C21H41NO3/c1-15-8-18(12-19(2,3)9-15)25-14-17(24)13-22-20(4,5)10-16(23)11-21(22,6)7/h15-18,23-24H,8-14H2,1-7H3/t15-,17+,18-/m0/s1. The van der Waals surface area contributed by atoms with Crippen molar-refractivity contribution >= 4 is 0 Å². The van der Waals surface area contributed by atoms with Crippen molar-refractivity contribution in [2.24, 2.45) is 11.3 Å². The average molecular weight is 356 g/mol. The van der Waals surface area contributed by atoms with E-state index in [0.29, 0.717) is 24.5 Å².